The number of rotatable bonds is 5. The topological polar surface area (TPSA) is 55.4 Å². The summed E-state index contributed by atoms with van der Waals surface area (Å²) in [6, 6.07) is 7.93. The van der Waals surface area contributed by atoms with Gasteiger partial charge in [0.2, 0.25) is 5.91 Å². The third-order valence-electron chi connectivity index (χ3n) is 3.48. The van der Waals surface area contributed by atoms with Crippen LogP contribution >= 0.6 is 23.1 Å². The van der Waals surface area contributed by atoms with Crippen LogP contribution in [-0.4, -0.2) is 24.7 Å². The number of methoxy groups -OCH3 is 1. The number of ether oxygens (including phenoxy) is 1. The van der Waals surface area contributed by atoms with E-state index in [1.807, 2.05) is 45.0 Å². The Bertz CT molecular complexity index is 737. The van der Waals surface area contributed by atoms with E-state index < -0.39 is 5.97 Å². The Morgan fingerprint density at radius 1 is 1.22 bits per heavy atom. The summed E-state index contributed by atoms with van der Waals surface area (Å²) < 4.78 is 4.81. The van der Waals surface area contributed by atoms with Crippen LogP contribution in [0.4, 0.5) is 5.00 Å². The number of thiophene rings is 1. The van der Waals surface area contributed by atoms with Crippen molar-refractivity contribution in [2.24, 2.45) is 0 Å². The Morgan fingerprint density at radius 3 is 2.57 bits per heavy atom. The van der Waals surface area contributed by atoms with Crippen LogP contribution in [0.25, 0.3) is 0 Å². The van der Waals surface area contributed by atoms with Gasteiger partial charge in [0.25, 0.3) is 0 Å². The lowest BCUT2D eigenvalue weighted by atomic mass is 10.1. The molecule has 1 N–H and O–H groups in total. The van der Waals surface area contributed by atoms with E-state index in [2.05, 4.69) is 5.32 Å². The predicted octanol–water partition coefficient (Wildman–Crippen LogP) is 4.19. The van der Waals surface area contributed by atoms with Crippen LogP contribution in [0, 0.1) is 20.8 Å². The SMILES string of the molecule is COC(=O)c1c(NC(=O)CSc2ccccc2C)sc(C)c1C. The number of amides is 1. The lowest BCUT2D eigenvalue weighted by Gasteiger charge is -2.07. The zero-order valence-electron chi connectivity index (χ0n) is 13.6. The molecule has 0 saturated heterocycles. The van der Waals surface area contributed by atoms with E-state index in [1.54, 1.807) is 0 Å². The highest BCUT2D eigenvalue weighted by Gasteiger charge is 2.21. The van der Waals surface area contributed by atoms with Crippen LogP contribution in [-0.2, 0) is 9.53 Å². The number of esters is 1. The van der Waals surface area contributed by atoms with Crippen LogP contribution in [0.3, 0.4) is 0 Å². The molecule has 0 fully saturated rings. The van der Waals surface area contributed by atoms with Crippen LogP contribution in [0.5, 0.6) is 0 Å². The van der Waals surface area contributed by atoms with E-state index in [1.165, 1.54) is 30.2 Å². The van der Waals surface area contributed by atoms with E-state index in [0.717, 1.165) is 20.9 Å². The molecule has 1 heterocycles. The molecule has 4 nitrogen and oxygen atoms in total. The highest BCUT2D eigenvalue weighted by molar-refractivity contribution is 8.00. The second-order valence-electron chi connectivity index (χ2n) is 5.08. The number of aryl methyl sites for hydroxylation is 2. The van der Waals surface area contributed by atoms with Crippen molar-refractivity contribution in [3.63, 3.8) is 0 Å². The molecule has 0 aliphatic rings. The smallest absolute Gasteiger partial charge is 0.341 e. The summed E-state index contributed by atoms with van der Waals surface area (Å²) in [6.45, 7) is 5.79. The van der Waals surface area contributed by atoms with E-state index in [0.29, 0.717) is 16.3 Å². The Hall–Kier alpha value is -1.79. The molecule has 0 atom stereocenters. The number of carbonyl (C=O) groups excluding carboxylic acids is 2. The average molecular weight is 349 g/mol. The number of anilines is 1. The number of hydrogen-bond acceptors (Lipinski definition) is 5. The fourth-order valence-electron chi connectivity index (χ4n) is 2.09. The highest BCUT2D eigenvalue weighted by atomic mass is 32.2. The maximum atomic E-state index is 12.2. The van der Waals surface area contributed by atoms with Crippen molar-refractivity contribution in [2.75, 3.05) is 18.2 Å². The van der Waals surface area contributed by atoms with Gasteiger partial charge in [-0.05, 0) is 38.0 Å². The second kappa shape index (κ2) is 7.66. The molecule has 2 aromatic rings. The molecule has 0 saturated carbocycles. The number of carbonyl (C=O) groups is 2. The van der Waals surface area contributed by atoms with Crippen LogP contribution in [0.15, 0.2) is 29.2 Å². The minimum atomic E-state index is -0.422. The predicted molar refractivity (Wildman–Crippen MR) is 95.7 cm³/mol. The third kappa shape index (κ3) is 4.14. The molecule has 0 aliphatic carbocycles. The minimum absolute atomic E-state index is 0.135. The average Bonchev–Trinajstić information content (AvgIpc) is 2.80. The molecule has 0 aliphatic heterocycles. The second-order valence-corrected chi connectivity index (χ2v) is 7.32. The van der Waals surface area contributed by atoms with Crippen LogP contribution < -0.4 is 5.32 Å². The van der Waals surface area contributed by atoms with Crippen molar-refractivity contribution in [2.45, 2.75) is 25.7 Å². The van der Waals surface area contributed by atoms with E-state index in [-0.39, 0.29) is 5.91 Å². The van der Waals surface area contributed by atoms with E-state index >= 15 is 0 Å². The third-order valence-corrected chi connectivity index (χ3v) is 5.78. The largest absolute Gasteiger partial charge is 0.465 e. The molecule has 2 rings (SSSR count). The molecule has 122 valence electrons. The first-order valence-corrected chi connectivity index (χ1v) is 8.90. The number of nitrogens with one attached hydrogen (secondary N) is 1. The van der Waals surface area contributed by atoms with Gasteiger partial charge >= 0.3 is 5.97 Å². The van der Waals surface area contributed by atoms with Crippen molar-refractivity contribution < 1.29 is 14.3 Å². The molecule has 6 heteroatoms. The summed E-state index contributed by atoms with van der Waals surface area (Å²) in [5.74, 6) is -0.264. The van der Waals surface area contributed by atoms with Crippen LogP contribution in [0.2, 0.25) is 0 Å². The van der Waals surface area contributed by atoms with E-state index in [4.69, 9.17) is 4.74 Å². The maximum absolute atomic E-state index is 12.2. The van der Waals surface area contributed by atoms with Gasteiger partial charge in [0.1, 0.15) is 5.00 Å². The Morgan fingerprint density at radius 2 is 1.91 bits per heavy atom. The molecule has 0 radical (unpaired) electrons. The van der Waals surface area contributed by atoms with Crippen molar-refractivity contribution in [3.8, 4) is 0 Å². The minimum Gasteiger partial charge on any atom is -0.465 e. The van der Waals surface area contributed by atoms with Gasteiger partial charge in [-0.2, -0.15) is 0 Å². The number of thioether (sulfide) groups is 1. The molecule has 0 bridgehead atoms. The summed E-state index contributed by atoms with van der Waals surface area (Å²) in [7, 11) is 1.34. The molecule has 0 spiro atoms. The normalized spacial score (nSPS) is 10.4. The molecular weight excluding hydrogens is 330 g/mol. The van der Waals surface area contributed by atoms with Crippen molar-refractivity contribution in [1.82, 2.24) is 0 Å². The quantitative estimate of drug-likeness (QED) is 0.649. The van der Waals surface area contributed by atoms with Gasteiger partial charge in [-0.25, -0.2) is 4.79 Å². The van der Waals surface area contributed by atoms with Gasteiger partial charge in [0.15, 0.2) is 0 Å². The molecule has 1 aromatic heterocycles. The number of hydrogen-bond donors (Lipinski definition) is 1. The van der Waals surface area contributed by atoms with Gasteiger partial charge < -0.3 is 10.1 Å². The van der Waals surface area contributed by atoms with Crippen molar-refractivity contribution in [1.29, 1.82) is 0 Å². The number of benzene rings is 1. The van der Waals surface area contributed by atoms with Crippen molar-refractivity contribution in [3.05, 3.63) is 45.8 Å². The van der Waals surface area contributed by atoms with E-state index in [9.17, 15) is 9.59 Å². The first kappa shape index (κ1) is 17.6. The fourth-order valence-corrected chi connectivity index (χ4v) is 3.98. The highest BCUT2D eigenvalue weighted by Crippen LogP contribution is 2.33. The molecule has 1 aromatic carbocycles. The van der Waals surface area contributed by atoms with Gasteiger partial charge in [0.05, 0.1) is 18.4 Å². The lowest BCUT2D eigenvalue weighted by Crippen LogP contribution is -2.16. The molecule has 23 heavy (non-hydrogen) atoms. The van der Waals surface area contributed by atoms with Gasteiger partial charge in [-0.3, -0.25) is 4.79 Å². The fraction of sp³-hybridized carbons (Fsp3) is 0.294. The summed E-state index contributed by atoms with van der Waals surface area (Å²) in [4.78, 5) is 26.2. The Labute approximate surface area is 144 Å². The summed E-state index contributed by atoms with van der Waals surface area (Å²) in [6.07, 6.45) is 0. The summed E-state index contributed by atoms with van der Waals surface area (Å²) in [5.41, 5.74) is 2.44. The standard InChI is InChI=1S/C17H19NO3S2/c1-10-7-5-6-8-13(10)22-9-14(19)18-16-15(17(20)21-4)11(2)12(3)23-16/h5-8H,9H2,1-4H3,(H,18,19). The zero-order valence-corrected chi connectivity index (χ0v) is 15.2. The summed E-state index contributed by atoms with van der Waals surface area (Å²) in [5, 5.41) is 3.39. The van der Waals surface area contributed by atoms with Gasteiger partial charge in [0, 0.05) is 9.77 Å². The zero-order chi connectivity index (χ0) is 17.0. The molecule has 0 unspecified atom stereocenters. The first-order chi connectivity index (χ1) is 10.9. The Kier molecular flexibility index (Phi) is 5.85. The monoisotopic (exact) mass is 349 g/mol. The Balaban J connectivity index is 2.08. The van der Waals surface area contributed by atoms with Gasteiger partial charge in [-0.1, -0.05) is 18.2 Å². The molecule has 1 amide bonds. The lowest BCUT2D eigenvalue weighted by molar-refractivity contribution is -0.113. The first-order valence-electron chi connectivity index (χ1n) is 7.10. The summed E-state index contributed by atoms with van der Waals surface area (Å²) >= 11 is 2.88. The maximum Gasteiger partial charge on any atom is 0.341 e. The van der Waals surface area contributed by atoms with Gasteiger partial charge in [-0.15, -0.1) is 23.1 Å². The van der Waals surface area contributed by atoms with Crippen LogP contribution in [0.1, 0.15) is 26.4 Å². The van der Waals surface area contributed by atoms with Crippen molar-refractivity contribution >= 4 is 40.0 Å². The molecular formula is C17H19NO3S2.